The van der Waals surface area contributed by atoms with Crippen molar-refractivity contribution in [2.24, 2.45) is 46.3 Å². The molecule has 0 amide bonds. The summed E-state index contributed by atoms with van der Waals surface area (Å²) in [6.07, 6.45) is 16.4. The monoisotopic (exact) mass is 434 g/mol. The van der Waals surface area contributed by atoms with E-state index in [0.29, 0.717) is 23.2 Å². The molecule has 4 fully saturated rings. The Morgan fingerprint density at radius 3 is 2.23 bits per heavy atom. The average molecular weight is 435 g/mol. The number of hydrogen-bond acceptors (Lipinski definition) is 2. The summed E-state index contributed by atoms with van der Waals surface area (Å²) >= 11 is 0. The zero-order chi connectivity index (χ0) is 23.2. The summed E-state index contributed by atoms with van der Waals surface area (Å²) in [5.74, 6) is 5.38. The van der Waals surface area contributed by atoms with Gasteiger partial charge >= 0.3 is 5.97 Å². The van der Waals surface area contributed by atoms with Gasteiger partial charge in [0.2, 0.25) is 0 Å². The lowest BCUT2D eigenvalue weighted by Crippen LogP contribution is -2.53. The van der Waals surface area contributed by atoms with Crippen LogP contribution >= 0.6 is 0 Å². The van der Waals surface area contributed by atoms with Gasteiger partial charge in [0.15, 0.2) is 0 Å². The molecule has 4 rings (SSSR count). The maximum Gasteiger partial charge on any atom is 0.305 e. The first kappa shape index (κ1) is 26.7. The van der Waals surface area contributed by atoms with Crippen LogP contribution in [-0.4, -0.2) is 13.1 Å². The number of esters is 1. The van der Waals surface area contributed by atoms with Crippen LogP contribution in [0.3, 0.4) is 0 Å². The summed E-state index contributed by atoms with van der Waals surface area (Å²) in [6.45, 7) is 15.7. The van der Waals surface area contributed by atoms with Crippen molar-refractivity contribution < 1.29 is 9.53 Å². The summed E-state index contributed by atoms with van der Waals surface area (Å²) < 4.78 is 4.89. The molecular weight excluding hydrogens is 380 g/mol. The molecule has 0 saturated heterocycles. The highest BCUT2D eigenvalue weighted by atomic mass is 16.5. The predicted octanol–water partition coefficient (Wildman–Crippen LogP) is 8.68. The summed E-state index contributed by atoms with van der Waals surface area (Å²) in [7, 11) is 1.52. The Balaban J connectivity index is 0.000000807. The number of ether oxygens (including phenoxy) is 1. The van der Waals surface area contributed by atoms with Crippen molar-refractivity contribution in [3.05, 3.63) is 0 Å². The van der Waals surface area contributed by atoms with Crippen molar-refractivity contribution in [1.29, 1.82) is 0 Å². The van der Waals surface area contributed by atoms with Crippen molar-refractivity contribution in [3.63, 3.8) is 0 Å². The molecule has 0 aromatic carbocycles. The molecule has 0 heterocycles. The van der Waals surface area contributed by atoms with E-state index in [1.165, 1.54) is 71.3 Å². The average Bonchev–Trinajstić information content (AvgIpc) is 3.16. The largest absolute Gasteiger partial charge is 0.469 e. The van der Waals surface area contributed by atoms with Gasteiger partial charge in [0, 0.05) is 6.42 Å². The van der Waals surface area contributed by atoms with E-state index in [2.05, 4.69) is 20.8 Å². The predicted molar refractivity (Wildman–Crippen MR) is 133 cm³/mol. The highest BCUT2D eigenvalue weighted by Crippen LogP contribution is 2.68. The number of fused-ring (bicyclic) bond motifs is 5. The lowest BCUT2D eigenvalue weighted by molar-refractivity contribution is -0.141. The molecule has 0 N–H and O–H groups in total. The molecule has 0 aliphatic heterocycles. The van der Waals surface area contributed by atoms with Crippen LogP contribution in [0.2, 0.25) is 0 Å². The van der Waals surface area contributed by atoms with E-state index in [4.69, 9.17) is 4.74 Å². The maximum atomic E-state index is 11.6. The quantitative estimate of drug-likeness (QED) is 0.414. The van der Waals surface area contributed by atoms with E-state index < -0.39 is 0 Å². The molecular formula is C29H54O2. The van der Waals surface area contributed by atoms with Gasteiger partial charge in [-0.05, 0) is 104 Å². The normalized spacial score (nSPS) is 41.7. The van der Waals surface area contributed by atoms with Gasteiger partial charge in [-0.2, -0.15) is 0 Å². The second kappa shape index (κ2) is 11.6. The minimum Gasteiger partial charge on any atom is -0.469 e. The summed E-state index contributed by atoms with van der Waals surface area (Å²) in [6, 6.07) is 0. The van der Waals surface area contributed by atoms with Gasteiger partial charge in [-0.1, -0.05) is 61.3 Å². The molecule has 4 aliphatic carbocycles. The molecule has 7 unspecified atom stereocenters. The van der Waals surface area contributed by atoms with E-state index in [9.17, 15) is 4.79 Å². The Morgan fingerprint density at radius 1 is 0.871 bits per heavy atom. The Morgan fingerprint density at radius 2 is 1.55 bits per heavy atom. The third-order valence-electron chi connectivity index (χ3n) is 10.4. The molecule has 0 radical (unpaired) electrons. The fraction of sp³-hybridized carbons (Fsp3) is 0.966. The third kappa shape index (κ3) is 5.03. The molecule has 0 spiro atoms. The van der Waals surface area contributed by atoms with Gasteiger partial charge in [-0.3, -0.25) is 4.79 Å². The second-order valence-corrected chi connectivity index (χ2v) is 11.2. The zero-order valence-corrected chi connectivity index (χ0v) is 22.3. The second-order valence-electron chi connectivity index (χ2n) is 11.2. The van der Waals surface area contributed by atoms with E-state index in [-0.39, 0.29) is 5.97 Å². The highest BCUT2D eigenvalue weighted by Gasteiger charge is 2.60. The van der Waals surface area contributed by atoms with Crippen LogP contribution in [0.15, 0.2) is 0 Å². The Bertz CT molecular complexity index is 557. The molecule has 2 heteroatoms. The van der Waals surface area contributed by atoms with E-state index in [0.717, 1.165) is 36.0 Å². The van der Waals surface area contributed by atoms with Crippen LogP contribution in [0.5, 0.6) is 0 Å². The van der Waals surface area contributed by atoms with Crippen molar-refractivity contribution in [1.82, 2.24) is 0 Å². The van der Waals surface area contributed by atoms with Gasteiger partial charge in [-0.15, -0.1) is 0 Å². The maximum absolute atomic E-state index is 11.6. The van der Waals surface area contributed by atoms with Gasteiger partial charge < -0.3 is 4.74 Å². The van der Waals surface area contributed by atoms with Crippen LogP contribution in [0.1, 0.15) is 126 Å². The summed E-state index contributed by atoms with van der Waals surface area (Å²) in [5, 5.41) is 0. The first-order valence-electron chi connectivity index (χ1n) is 14.0. The molecule has 0 bridgehead atoms. The fourth-order valence-corrected chi connectivity index (χ4v) is 8.92. The molecule has 4 aliphatic rings. The molecule has 31 heavy (non-hydrogen) atoms. The van der Waals surface area contributed by atoms with Crippen molar-refractivity contribution >= 4 is 5.97 Å². The van der Waals surface area contributed by atoms with Crippen LogP contribution < -0.4 is 0 Å². The van der Waals surface area contributed by atoms with Crippen molar-refractivity contribution in [3.8, 4) is 0 Å². The molecule has 0 aromatic rings. The third-order valence-corrected chi connectivity index (χ3v) is 10.4. The van der Waals surface area contributed by atoms with Crippen LogP contribution in [0.4, 0.5) is 0 Å². The minimum absolute atomic E-state index is 0.0335. The van der Waals surface area contributed by atoms with Gasteiger partial charge in [0.05, 0.1) is 7.11 Å². The Labute approximate surface area is 194 Å². The fourth-order valence-electron chi connectivity index (χ4n) is 8.92. The topological polar surface area (TPSA) is 26.3 Å². The molecule has 4 saturated carbocycles. The molecule has 8 atom stereocenters. The number of carbonyl (C=O) groups is 1. The smallest absolute Gasteiger partial charge is 0.305 e. The Hall–Kier alpha value is -0.530. The van der Waals surface area contributed by atoms with E-state index in [1.54, 1.807) is 0 Å². The van der Waals surface area contributed by atoms with Crippen LogP contribution in [-0.2, 0) is 9.53 Å². The Kier molecular flexibility index (Phi) is 9.96. The number of carbonyl (C=O) groups excluding carboxylic acids is 1. The molecule has 182 valence electrons. The zero-order valence-electron chi connectivity index (χ0n) is 22.3. The van der Waals surface area contributed by atoms with E-state index in [1.807, 2.05) is 27.7 Å². The number of methoxy groups -OCH3 is 1. The highest BCUT2D eigenvalue weighted by molar-refractivity contribution is 5.69. The lowest BCUT2D eigenvalue weighted by atomic mass is 9.44. The number of hydrogen-bond donors (Lipinski definition) is 0. The summed E-state index contributed by atoms with van der Waals surface area (Å²) in [4.78, 5) is 11.6. The SMILES string of the molecule is CC.CC.COC(=O)CC[C@@H](C)C1CCC2C3CCC4CCCCC4(C)C3CCC21C. The first-order valence-corrected chi connectivity index (χ1v) is 14.0. The van der Waals surface area contributed by atoms with Crippen LogP contribution in [0, 0.1) is 46.3 Å². The van der Waals surface area contributed by atoms with Crippen molar-refractivity contribution in [2.75, 3.05) is 7.11 Å². The van der Waals surface area contributed by atoms with Crippen LogP contribution in [0.25, 0.3) is 0 Å². The number of rotatable bonds is 4. The van der Waals surface area contributed by atoms with Crippen molar-refractivity contribution in [2.45, 2.75) is 126 Å². The van der Waals surface area contributed by atoms with E-state index >= 15 is 0 Å². The first-order chi connectivity index (χ1) is 14.9. The minimum atomic E-state index is -0.0335. The molecule has 2 nitrogen and oxygen atoms in total. The van der Waals surface area contributed by atoms with Gasteiger partial charge in [0.25, 0.3) is 0 Å². The van der Waals surface area contributed by atoms with Gasteiger partial charge in [0.1, 0.15) is 0 Å². The summed E-state index contributed by atoms with van der Waals surface area (Å²) in [5.41, 5.74) is 1.17. The van der Waals surface area contributed by atoms with Gasteiger partial charge in [-0.25, -0.2) is 0 Å². The standard InChI is InChI=1S/C25H42O2.2C2H6/c1-17(8-13-23(26)27-4)20-11-12-21-19-10-9-18-7-5-6-15-24(18,2)22(19)14-16-25(20,21)3;2*1-2/h17-22H,5-16H2,1-4H3;2*1-2H3/t17-,18?,19?,20?,21?,22?,24?,25?;;/m1../s1. The molecule has 0 aromatic heterocycles. The lowest BCUT2D eigenvalue weighted by Gasteiger charge is -2.61.